The summed E-state index contributed by atoms with van der Waals surface area (Å²) in [6.07, 6.45) is -4.39. The molecule has 2 N–H and O–H groups in total. The Labute approximate surface area is 134 Å². The van der Waals surface area contributed by atoms with Crippen molar-refractivity contribution in [3.63, 3.8) is 0 Å². The standard InChI is InChI=1S/C15H12F3N5O/c1-23-21-14(20-22-23)12-8-10(19)4-7-13(12)24-11-5-2-9(3-6-11)15(16,17)18/h2-8H,19H2,1H3. The van der Waals surface area contributed by atoms with Crippen molar-refractivity contribution in [2.75, 3.05) is 5.73 Å². The number of aryl methyl sites for hydroxylation is 1. The smallest absolute Gasteiger partial charge is 0.416 e. The minimum absolute atomic E-state index is 0.248. The third-order valence-corrected chi connectivity index (χ3v) is 3.16. The molecule has 0 saturated heterocycles. The van der Waals surface area contributed by atoms with Crippen LogP contribution in [0, 0.1) is 0 Å². The fraction of sp³-hybridized carbons (Fsp3) is 0.133. The third kappa shape index (κ3) is 3.29. The zero-order chi connectivity index (χ0) is 17.3. The van der Waals surface area contributed by atoms with Gasteiger partial charge in [-0.25, -0.2) is 0 Å². The first-order valence-electron chi connectivity index (χ1n) is 6.82. The maximum Gasteiger partial charge on any atom is 0.416 e. The lowest BCUT2D eigenvalue weighted by Crippen LogP contribution is -2.04. The highest BCUT2D eigenvalue weighted by molar-refractivity contribution is 5.69. The lowest BCUT2D eigenvalue weighted by molar-refractivity contribution is -0.137. The summed E-state index contributed by atoms with van der Waals surface area (Å²) in [5.41, 5.74) is 5.98. The van der Waals surface area contributed by atoms with Gasteiger partial charge in [-0.2, -0.15) is 18.0 Å². The van der Waals surface area contributed by atoms with Gasteiger partial charge in [0, 0.05) is 5.69 Å². The SMILES string of the molecule is Cn1nnc(-c2cc(N)ccc2Oc2ccc(C(F)(F)F)cc2)n1. The predicted octanol–water partition coefficient (Wildman–Crippen LogP) is 3.27. The van der Waals surface area contributed by atoms with E-state index < -0.39 is 11.7 Å². The number of benzene rings is 2. The number of anilines is 1. The number of nitrogens with zero attached hydrogens (tertiary/aromatic N) is 4. The summed E-state index contributed by atoms with van der Waals surface area (Å²) in [5.74, 6) is 0.904. The highest BCUT2D eigenvalue weighted by Gasteiger charge is 2.30. The van der Waals surface area contributed by atoms with Crippen molar-refractivity contribution < 1.29 is 17.9 Å². The second-order valence-corrected chi connectivity index (χ2v) is 4.98. The summed E-state index contributed by atoms with van der Waals surface area (Å²) in [5, 5.41) is 11.7. The Balaban J connectivity index is 1.93. The number of nitrogen functional groups attached to an aromatic ring is 1. The van der Waals surface area contributed by atoms with E-state index in [1.54, 1.807) is 25.2 Å². The maximum absolute atomic E-state index is 12.6. The summed E-state index contributed by atoms with van der Waals surface area (Å²) in [6.45, 7) is 0. The zero-order valence-corrected chi connectivity index (χ0v) is 12.4. The molecule has 0 fully saturated rings. The molecular formula is C15H12F3N5O. The molecule has 1 aromatic heterocycles. The highest BCUT2D eigenvalue weighted by Crippen LogP contribution is 2.35. The van der Waals surface area contributed by atoms with E-state index in [1.165, 1.54) is 16.9 Å². The molecule has 0 aliphatic rings. The van der Waals surface area contributed by atoms with Crippen LogP contribution in [0.5, 0.6) is 11.5 Å². The summed E-state index contributed by atoms with van der Waals surface area (Å²) in [7, 11) is 1.61. The number of halogens is 3. The number of alkyl halides is 3. The molecule has 0 amide bonds. The quantitative estimate of drug-likeness (QED) is 0.743. The van der Waals surface area contributed by atoms with Crippen LogP contribution in [-0.4, -0.2) is 20.2 Å². The van der Waals surface area contributed by atoms with Crippen molar-refractivity contribution in [2.24, 2.45) is 7.05 Å². The Morgan fingerprint density at radius 2 is 1.79 bits per heavy atom. The fourth-order valence-electron chi connectivity index (χ4n) is 2.04. The van der Waals surface area contributed by atoms with E-state index in [9.17, 15) is 13.2 Å². The second-order valence-electron chi connectivity index (χ2n) is 4.98. The van der Waals surface area contributed by atoms with E-state index in [0.717, 1.165) is 12.1 Å². The van der Waals surface area contributed by atoms with Crippen LogP contribution in [0.25, 0.3) is 11.4 Å². The molecule has 0 unspecified atom stereocenters. The normalized spacial score (nSPS) is 11.5. The molecule has 124 valence electrons. The van der Waals surface area contributed by atoms with Crippen molar-refractivity contribution in [1.29, 1.82) is 0 Å². The second kappa shape index (κ2) is 5.84. The number of hydrogen-bond acceptors (Lipinski definition) is 5. The predicted molar refractivity (Wildman–Crippen MR) is 80.2 cm³/mol. The van der Waals surface area contributed by atoms with Crippen molar-refractivity contribution in [3.8, 4) is 22.9 Å². The van der Waals surface area contributed by atoms with Crippen molar-refractivity contribution in [3.05, 3.63) is 48.0 Å². The zero-order valence-electron chi connectivity index (χ0n) is 12.4. The van der Waals surface area contributed by atoms with E-state index in [2.05, 4.69) is 15.4 Å². The van der Waals surface area contributed by atoms with Crippen molar-refractivity contribution in [2.45, 2.75) is 6.18 Å². The molecule has 0 bridgehead atoms. The highest BCUT2D eigenvalue weighted by atomic mass is 19.4. The molecule has 24 heavy (non-hydrogen) atoms. The van der Waals surface area contributed by atoms with E-state index in [4.69, 9.17) is 10.5 Å². The molecular weight excluding hydrogens is 323 g/mol. The van der Waals surface area contributed by atoms with Crippen LogP contribution < -0.4 is 10.5 Å². The van der Waals surface area contributed by atoms with Crippen LogP contribution >= 0.6 is 0 Å². The Hall–Kier alpha value is -3.10. The van der Waals surface area contributed by atoms with Gasteiger partial charge in [-0.3, -0.25) is 0 Å². The van der Waals surface area contributed by atoms with E-state index in [0.29, 0.717) is 22.8 Å². The van der Waals surface area contributed by atoms with Crippen molar-refractivity contribution in [1.82, 2.24) is 20.2 Å². The Morgan fingerprint density at radius 1 is 1.08 bits per heavy atom. The first-order valence-corrected chi connectivity index (χ1v) is 6.82. The number of tetrazole rings is 1. The molecule has 0 radical (unpaired) electrons. The van der Waals surface area contributed by atoms with Crippen LogP contribution in [0.4, 0.5) is 18.9 Å². The van der Waals surface area contributed by atoms with Crippen LogP contribution in [0.2, 0.25) is 0 Å². The Morgan fingerprint density at radius 3 is 2.38 bits per heavy atom. The number of nitrogens with two attached hydrogens (primary N) is 1. The molecule has 0 aliphatic heterocycles. The molecule has 3 aromatic rings. The average molecular weight is 335 g/mol. The van der Waals surface area contributed by atoms with Gasteiger partial charge in [0.15, 0.2) is 0 Å². The molecule has 0 aliphatic carbocycles. The van der Waals surface area contributed by atoms with Crippen LogP contribution in [0.15, 0.2) is 42.5 Å². The number of rotatable bonds is 3. The largest absolute Gasteiger partial charge is 0.457 e. The van der Waals surface area contributed by atoms with Gasteiger partial charge in [-0.1, -0.05) is 0 Å². The van der Waals surface area contributed by atoms with Crippen molar-refractivity contribution >= 4 is 5.69 Å². The van der Waals surface area contributed by atoms with Crippen LogP contribution in [-0.2, 0) is 13.2 Å². The minimum atomic E-state index is -4.39. The van der Waals surface area contributed by atoms with E-state index >= 15 is 0 Å². The molecule has 0 spiro atoms. The number of hydrogen-bond donors (Lipinski definition) is 1. The van der Waals surface area contributed by atoms with Gasteiger partial charge in [0.1, 0.15) is 11.5 Å². The molecule has 0 saturated carbocycles. The van der Waals surface area contributed by atoms with E-state index in [-0.39, 0.29) is 5.75 Å². The first kappa shape index (κ1) is 15.8. The molecule has 9 heteroatoms. The van der Waals surface area contributed by atoms with Gasteiger partial charge in [-0.05, 0) is 47.7 Å². The summed E-state index contributed by atoms with van der Waals surface area (Å²) in [4.78, 5) is 1.28. The van der Waals surface area contributed by atoms with Crippen LogP contribution in [0.3, 0.4) is 0 Å². The maximum atomic E-state index is 12.6. The summed E-state index contributed by atoms with van der Waals surface area (Å²) < 4.78 is 43.5. The van der Waals surface area contributed by atoms with Gasteiger partial charge in [0.25, 0.3) is 0 Å². The molecule has 0 atom stereocenters. The topological polar surface area (TPSA) is 78.9 Å². The third-order valence-electron chi connectivity index (χ3n) is 3.16. The van der Waals surface area contributed by atoms with Gasteiger partial charge >= 0.3 is 6.18 Å². The Bertz CT molecular complexity index is 858. The van der Waals surface area contributed by atoms with Gasteiger partial charge in [0.2, 0.25) is 5.82 Å². The lowest BCUT2D eigenvalue weighted by Gasteiger charge is -2.11. The molecule has 1 heterocycles. The summed E-state index contributed by atoms with van der Waals surface area (Å²) >= 11 is 0. The monoisotopic (exact) mass is 335 g/mol. The van der Waals surface area contributed by atoms with Crippen LogP contribution in [0.1, 0.15) is 5.56 Å². The minimum Gasteiger partial charge on any atom is -0.457 e. The van der Waals surface area contributed by atoms with Gasteiger partial charge in [0.05, 0.1) is 18.2 Å². The summed E-state index contributed by atoms with van der Waals surface area (Å²) in [6, 6.07) is 9.20. The molecule has 6 nitrogen and oxygen atoms in total. The van der Waals surface area contributed by atoms with E-state index in [1.807, 2.05) is 0 Å². The lowest BCUT2D eigenvalue weighted by atomic mass is 10.1. The van der Waals surface area contributed by atoms with Gasteiger partial charge in [-0.15, -0.1) is 10.2 Å². The van der Waals surface area contributed by atoms with Gasteiger partial charge < -0.3 is 10.5 Å². The molecule has 2 aromatic carbocycles. The number of ether oxygens (including phenoxy) is 1. The molecule has 3 rings (SSSR count). The average Bonchev–Trinajstić information content (AvgIpc) is 2.95. The number of aromatic nitrogens is 4. The fourth-order valence-corrected chi connectivity index (χ4v) is 2.04. The first-order chi connectivity index (χ1) is 11.3. The Kier molecular flexibility index (Phi) is 3.84.